The second-order valence-corrected chi connectivity index (χ2v) is 8.53. The van der Waals surface area contributed by atoms with Crippen LogP contribution in [-0.4, -0.2) is 31.1 Å². The Balaban J connectivity index is 1.47. The van der Waals surface area contributed by atoms with Gasteiger partial charge in [0.15, 0.2) is 0 Å². The third-order valence-electron chi connectivity index (χ3n) is 6.38. The zero-order chi connectivity index (χ0) is 20.8. The van der Waals surface area contributed by atoms with Crippen molar-refractivity contribution in [2.45, 2.75) is 38.5 Å². The van der Waals surface area contributed by atoms with Crippen LogP contribution in [0.5, 0.6) is 5.75 Å². The topological polar surface area (TPSA) is 12.5 Å². The summed E-state index contributed by atoms with van der Waals surface area (Å²) in [5.41, 5.74) is 1.23. The smallest absolute Gasteiger partial charge is 0.123 e. The van der Waals surface area contributed by atoms with Crippen molar-refractivity contribution in [3.8, 4) is 5.75 Å². The zero-order valence-corrected chi connectivity index (χ0v) is 17.9. The van der Waals surface area contributed by atoms with E-state index >= 15 is 0 Å². The summed E-state index contributed by atoms with van der Waals surface area (Å²) < 4.78 is 19.8. The zero-order valence-electron chi connectivity index (χ0n) is 17.9. The molecular formula is C27H32FNO. The lowest BCUT2D eigenvalue weighted by atomic mass is 9.80. The van der Waals surface area contributed by atoms with E-state index in [4.69, 9.17) is 4.74 Å². The molecule has 0 aromatic heterocycles. The molecule has 1 aliphatic rings. The summed E-state index contributed by atoms with van der Waals surface area (Å²) in [6.07, 6.45) is 4.90. The van der Waals surface area contributed by atoms with Crippen LogP contribution in [-0.2, 0) is 0 Å². The number of nitrogens with zero attached hydrogens (tertiary/aromatic N) is 1. The standard InChI is InChI=1S/C27H32FNO/c1-2-3-6-16-29-17-15-27(22-9-12-25(28)13-10-22)24(19-29)20-30-26-14-11-21-7-4-5-8-23(21)18-26/h4-5,7-14,18,24,27H,2-3,6,15-17,19-20H2,1H3/t24-,27-/m0/s1. The molecule has 2 atom stereocenters. The van der Waals surface area contributed by atoms with Gasteiger partial charge in [-0.15, -0.1) is 0 Å². The van der Waals surface area contributed by atoms with E-state index in [1.807, 2.05) is 12.1 Å². The molecule has 0 unspecified atom stereocenters. The lowest BCUT2D eigenvalue weighted by Crippen LogP contribution is -2.42. The average molecular weight is 406 g/mol. The van der Waals surface area contributed by atoms with Gasteiger partial charge < -0.3 is 9.64 Å². The summed E-state index contributed by atoms with van der Waals surface area (Å²) >= 11 is 0. The number of benzene rings is 3. The van der Waals surface area contributed by atoms with Gasteiger partial charge in [0, 0.05) is 12.5 Å². The number of halogens is 1. The molecule has 0 amide bonds. The van der Waals surface area contributed by atoms with Crippen molar-refractivity contribution >= 4 is 10.8 Å². The van der Waals surface area contributed by atoms with Crippen molar-refractivity contribution in [3.63, 3.8) is 0 Å². The van der Waals surface area contributed by atoms with Crippen LogP contribution in [0.1, 0.15) is 44.1 Å². The molecule has 1 aliphatic heterocycles. The van der Waals surface area contributed by atoms with Crippen molar-refractivity contribution < 1.29 is 9.13 Å². The largest absolute Gasteiger partial charge is 0.493 e. The van der Waals surface area contributed by atoms with Gasteiger partial charge in [0.05, 0.1) is 6.61 Å². The predicted octanol–water partition coefficient (Wildman–Crippen LogP) is 6.65. The number of unbranched alkanes of at least 4 members (excludes halogenated alkanes) is 2. The molecule has 0 bridgehead atoms. The number of likely N-dealkylation sites (tertiary alicyclic amines) is 1. The Morgan fingerprint density at radius 1 is 0.967 bits per heavy atom. The van der Waals surface area contributed by atoms with Gasteiger partial charge in [-0.3, -0.25) is 0 Å². The van der Waals surface area contributed by atoms with Crippen LogP contribution >= 0.6 is 0 Å². The second kappa shape index (κ2) is 10.1. The summed E-state index contributed by atoms with van der Waals surface area (Å²) in [4.78, 5) is 2.59. The molecule has 2 nitrogen and oxygen atoms in total. The number of rotatable bonds is 8. The summed E-state index contributed by atoms with van der Waals surface area (Å²) in [6, 6.07) is 21.8. The van der Waals surface area contributed by atoms with Crippen molar-refractivity contribution in [2.24, 2.45) is 5.92 Å². The molecule has 158 valence electrons. The van der Waals surface area contributed by atoms with Gasteiger partial charge in [0.2, 0.25) is 0 Å². The minimum atomic E-state index is -0.167. The molecule has 1 fully saturated rings. The lowest BCUT2D eigenvalue weighted by Gasteiger charge is -2.39. The Bertz CT molecular complexity index is 939. The molecule has 0 N–H and O–H groups in total. The monoisotopic (exact) mass is 405 g/mol. The summed E-state index contributed by atoms with van der Waals surface area (Å²) in [7, 11) is 0. The Hall–Kier alpha value is -2.39. The fraction of sp³-hybridized carbons (Fsp3) is 0.407. The van der Waals surface area contributed by atoms with E-state index in [9.17, 15) is 4.39 Å². The first-order valence-electron chi connectivity index (χ1n) is 11.3. The highest BCUT2D eigenvalue weighted by Crippen LogP contribution is 2.34. The Labute approximate surface area is 179 Å². The van der Waals surface area contributed by atoms with Gasteiger partial charge in [-0.1, -0.05) is 62.2 Å². The molecule has 3 aromatic carbocycles. The minimum Gasteiger partial charge on any atom is -0.493 e. The first-order valence-corrected chi connectivity index (χ1v) is 11.3. The third-order valence-corrected chi connectivity index (χ3v) is 6.38. The highest BCUT2D eigenvalue weighted by Gasteiger charge is 2.30. The first-order chi connectivity index (χ1) is 14.7. The molecule has 0 aliphatic carbocycles. The summed E-state index contributed by atoms with van der Waals surface area (Å²) in [6.45, 7) is 6.25. The fourth-order valence-corrected chi connectivity index (χ4v) is 4.67. The maximum absolute atomic E-state index is 13.5. The molecule has 30 heavy (non-hydrogen) atoms. The quantitative estimate of drug-likeness (QED) is 0.389. The average Bonchev–Trinajstić information content (AvgIpc) is 2.78. The maximum atomic E-state index is 13.5. The first kappa shape index (κ1) is 20.9. The molecule has 0 radical (unpaired) electrons. The SMILES string of the molecule is CCCCCN1CC[C@@H](c2ccc(F)cc2)[C@H](COc2ccc3ccccc3c2)C1. The van der Waals surface area contributed by atoms with E-state index < -0.39 is 0 Å². The van der Waals surface area contributed by atoms with Gasteiger partial charge in [0.1, 0.15) is 11.6 Å². The van der Waals surface area contributed by atoms with Crippen molar-refractivity contribution in [1.29, 1.82) is 0 Å². The minimum absolute atomic E-state index is 0.167. The highest BCUT2D eigenvalue weighted by atomic mass is 19.1. The second-order valence-electron chi connectivity index (χ2n) is 8.53. The van der Waals surface area contributed by atoms with E-state index in [-0.39, 0.29) is 5.82 Å². The molecule has 3 aromatic rings. The van der Waals surface area contributed by atoms with Crippen molar-refractivity contribution in [1.82, 2.24) is 4.90 Å². The maximum Gasteiger partial charge on any atom is 0.123 e. The summed E-state index contributed by atoms with van der Waals surface area (Å²) in [5, 5.41) is 2.43. The number of fused-ring (bicyclic) bond motifs is 1. The van der Waals surface area contributed by atoms with Crippen molar-refractivity contribution in [3.05, 3.63) is 78.1 Å². The highest BCUT2D eigenvalue weighted by molar-refractivity contribution is 5.83. The lowest BCUT2D eigenvalue weighted by molar-refractivity contribution is 0.110. The van der Waals surface area contributed by atoms with E-state index in [0.717, 1.165) is 31.8 Å². The van der Waals surface area contributed by atoms with Gasteiger partial charge in [-0.25, -0.2) is 4.39 Å². The normalized spacial score (nSPS) is 19.8. The molecule has 3 heteroatoms. The van der Waals surface area contributed by atoms with Crippen LogP contribution in [0.25, 0.3) is 10.8 Å². The Morgan fingerprint density at radius 2 is 1.77 bits per heavy atom. The van der Waals surface area contributed by atoms with E-state index in [1.54, 1.807) is 12.1 Å². The van der Waals surface area contributed by atoms with Crippen LogP contribution in [0.4, 0.5) is 4.39 Å². The van der Waals surface area contributed by atoms with Crippen LogP contribution in [0.2, 0.25) is 0 Å². The van der Waals surface area contributed by atoms with Gasteiger partial charge >= 0.3 is 0 Å². The van der Waals surface area contributed by atoms with Crippen LogP contribution in [0, 0.1) is 11.7 Å². The van der Waals surface area contributed by atoms with Gasteiger partial charge in [-0.2, -0.15) is 0 Å². The van der Waals surface area contributed by atoms with Crippen LogP contribution < -0.4 is 4.74 Å². The summed E-state index contributed by atoms with van der Waals surface area (Å²) in [5.74, 6) is 1.57. The number of ether oxygens (including phenoxy) is 1. The van der Waals surface area contributed by atoms with Gasteiger partial charge in [-0.05, 0) is 72.5 Å². The Kier molecular flexibility index (Phi) is 7.01. The Morgan fingerprint density at radius 3 is 2.57 bits per heavy atom. The molecule has 1 heterocycles. The molecule has 4 rings (SSSR count). The van der Waals surface area contributed by atoms with Crippen LogP contribution in [0.15, 0.2) is 66.7 Å². The number of piperidine rings is 1. The van der Waals surface area contributed by atoms with E-state index in [0.29, 0.717) is 18.4 Å². The predicted molar refractivity (Wildman–Crippen MR) is 123 cm³/mol. The van der Waals surface area contributed by atoms with E-state index in [2.05, 4.69) is 54.3 Å². The number of hydrogen-bond donors (Lipinski definition) is 0. The molecule has 0 spiro atoms. The molecule has 0 saturated carbocycles. The number of hydrogen-bond acceptors (Lipinski definition) is 2. The fourth-order valence-electron chi connectivity index (χ4n) is 4.67. The van der Waals surface area contributed by atoms with Gasteiger partial charge in [0.25, 0.3) is 0 Å². The van der Waals surface area contributed by atoms with Crippen molar-refractivity contribution in [2.75, 3.05) is 26.2 Å². The third kappa shape index (κ3) is 5.20. The molecular weight excluding hydrogens is 373 g/mol. The van der Waals surface area contributed by atoms with Crippen LogP contribution in [0.3, 0.4) is 0 Å². The van der Waals surface area contributed by atoms with E-state index in [1.165, 1.54) is 35.6 Å². The molecule has 1 saturated heterocycles.